The van der Waals surface area contributed by atoms with Crippen LogP contribution in [0.4, 0.5) is 5.69 Å². The van der Waals surface area contributed by atoms with E-state index in [1.165, 1.54) is 16.9 Å². The fourth-order valence-electron chi connectivity index (χ4n) is 4.04. The minimum Gasteiger partial charge on any atom is -0.318 e. The van der Waals surface area contributed by atoms with Crippen molar-refractivity contribution < 1.29 is 13.2 Å². The lowest BCUT2D eigenvalue weighted by atomic mass is 10.2. The second kappa shape index (κ2) is 10.2. The molecule has 4 aromatic rings. The van der Waals surface area contributed by atoms with Crippen molar-refractivity contribution in [1.29, 1.82) is 0 Å². The van der Waals surface area contributed by atoms with E-state index in [1.54, 1.807) is 60.8 Å². The van der Waals surface area contributed by atoms with Crippen molar-refractivity contribution in [1.82, 2.24) is 9.99 Å². The van der Waals surface area contributed by atoms with Crippen LogP contribution in [0.2, 0.25) is 0 Å². The molecule has 0 aliphatic rings. The minimum absolute atomic E-state index is 0.199. The normalized spacial score (nSPS) is 11.6. The van der Waals surface area contributed by atoms with Gasteiger partial charge in [0.25, 0.3) is 15.9 Å². The van der Waals surface area contributed by atoms with Crippen LogP contribution in [-0.4, -0.2) is 32.2 Å². The first kappa shape index (κ1) is 24.9. The smallest absolute Gasteiger partial charge is 0.271 e. The van der Waals surface area contributed by atoms with Crippen LogP contribution in [0.25, 0.3) is 5.69 Å². The molecule has 1 N–H and O–H groups in total. The maximum Gasteiger partial charge on any atom is 0.271 e. The molecule has 8 heteroatoms. The molecule has 0 bridgehead atoms. The predicted molar refractivity (Wildman–Crippen MR) is 144 cm³/mol. The Kier molecular flexibility index (Phi) is 7.07. The van der Waals surface area contributed by atoms with Gasteiger partial charge in [0.15, 0.2) is 0 Å². The van der Waals surface area contributed by atoms with Gasteiger partial charge in [-0.05, 0) is 74.9 Å². The van der Waals surface area contributed by atoms with Crippen LogP contribution in [0.3, 0.4) is 0 Å². The molecule has 0 saturated carbocycles. The first-order valence-electron chi connectivity index (χ1n) is 11.4. The maximum absolute atomic E-state index is 12.8. The zero-order valence-corrected chi connectivity index (χ0v) is 21.5. The summed E-state index contributed by atoms with van der Waals surface area (Å²) in [7, 11) is -2.21. The van der Waals surface area contributed by atoms with Crippen LogP contribution >= 0.6 is 0 Å². The molecule has 1 amide bonds. The molecule has 3 aromatic carbocycles. The molecular formula is C28H28N4O3S. The number of para-hydroxylation sites is 1. The van der Waals surface area contributed by atoms with Gasteiger partial charge < -0.3 is 4.57 Å². The van der Waals surface area contributed by atoms with Crippen LogP contribution in [0, 0.1) is 20.8 Å². The lowest BCUT2D eigenvalue weighted by molar-refractivity contribution is 0.0955. The molecule has 0 saturated heterocycles. The van der Waals surface area contributed by atoms with Crippen LogP contribution in [0.1, 0.15) is 32.9 Å². The van der Waals surface area contributed by atoms with Crippen molar-refractivity contribution in [2.45, 2.75) is 25.7 Å². The number of hydrogen-bond donors (Lipinski definition) is 1. The average Bonchev–Trinajstić information content (AvgIpc) is 3.17. The fraction of sp³-hybridized carbons (Fsp3) is 0.143. The minimum atomic E-state index is -3.69. The highest BCUT2D eigenvalue weighted by Crippen LogP contribution is 2.23. The van der Waals surface area contributed by atoms with Crippen LogP contribution < -0.4 is 9.73 Å². The number of nitrogens with one attached hydrogen (secondary N) is 1. The number of hydrogen-bond acceptors (Lipinski definition) is 4. The first-order chi connectivity index (χ1) is 17.2. The summed E-state index contributed by atoms with van der Waals surface area (Å²) in [5, 5.41) is 4.14. The molecule has 0 fully saturated rings. The van der Waals surface area contributed by atoms with Crippen LogP contribution in [0.5, 0.6) is 0 Å². The van der Waals surface area contributed by atoms with Crippen molar-refractivity contribution in [3.05, 3.63) is 113 Å². The van der Waals surface area contributed by atoms with E-state index < -0.39 is 10.0 Å². The topological polar surface area (TPSA) is 83.8 Å². The van der Waals surface area contributed by atoms with E-state index in [1.807, 2.05) is 32.0 Å². The van der Waals surface area contributed by atoms with Gasteiger partial charge in [0.05, 0.1) is 16.8 Å². The molecule has 0 spiro atoms. The summed E-state index contributed by atoms with van der Waals surface area (Å²) in [4.78, 5) is 12.8. The van der Waals surface area contributed by atoms with E-state index in [4.69, 9.17) is 0 Å². The molecule has 0 aliphatic carbocycles. The molecule has 1 heterocycles. The third-order valence-corrected chi connectivity index (χ3v) is 7.89. The van der Waals surface area contributed by atoms with Crippen molar-refractivity contribution in [3.8, 4) is 5.69 Å². The van der Waals surface area contributed by atoms with E-state index in [0.717, 1.165) is 22.6 Å². The van der Waals surface area contributed by atoms with Crippen molar-refractivity contribution in [2.75, 3.05) is 11.4 Å². The number of amides is 1. The second-order valence-corrected chi connectivity index (χ2v) is 10.4. The Bertz CT molecular complexity index is 1520. The van der Waals surface area contributed by atoms with Gasteiger partial charge in [0, 0.05) is 35.2 Å². The van der Waals surface area contributed by atoms with E-state index in [2.05, 4.69) is 34.2 Å². The number of aromatic nitrogens is 1. The Morgan fingerprint density at radius 2 is 1.56 bits per heavy atom. The van der Waals surface area contributed by atoms with Crippen LogP contribution in [0.15, 0.2) is 94.9 Å². The Labute approximate surface area is 211 Å². The summed E-state index contributed by atoms with van der Waals surface area (Å²) in [6, 6.07) is 24.7. The number of carbonyl (C=O) groups excluding carboxylic acids is 1. The summed E-state index contributed by atoms with van der Waals surface area (Å²) < 4.78 is 29.0. The van der Waals surface area contributed by atoms with E-state index in [0.29, 0.717) is 11.3 Å². The number of carbonyl (C=O) groups is 1. The van der Waals surface area contributed by atoms with E-state index in [-0.39, 0.29) is 10.8 Å². The Morgan fingerprint density at radius 3 is 2.22 bits per heavy atom. The zero-order chi connectivity index (χ0) is 25.9. The molecular weight excluding hydrogens is 472 g/mol. The third-order valence-electron chi connectivity index (χ3n) is 6.09. The Hall–Kier alpha value is -4.17. The molecule has 7 nitrogen and oxygen atoms in total. The number of nitrogens with zero attached hydrogens (tertiary/aromatic N) is 3. The molecule has 36 heavy (non-hydrogen) atoms. The fourth-order valence-corrected chi connectivity index (χ4v) is 5.26. The molecule has 0 aliphatic heterocycles. The largest absolute Gasteiger partial charge is 0.318 e. The summed E-state index contributed by atoms with van der Waals surface area (Å²) >= 11 is 0. The van der Waals surface area contributed by atoms with Gasteiger partial charge in [0.1, 0.15) is 0 Å². The highest BCUT2D eigenvalue weighted by atomic mass is 32.2. The summed E-state index contributed by atoms with van der Waals surface area (Å²) in [6.07, 6.45) is 1.63. The number of anilines is 1. The summed E-state index contributed by atoms with van der Waals surface area (Å²) in [5.74, 6) is -0.390. The lowest BCUT2D eigenvalue weighted by Gasteiger charge is -2.19. The van der Waals surface area contributed by atoms with Crippen molar-refractivity contribution in [2.24, 2.45) is 5.10 Å². The standard InChI is InChI=1S/C28H28N4O3S/c1-20-10-8-9-13-27(20)32-21(2)18-24(22(32)3)19-29-30-28(33)23-14-16-25(17-15-23)31(4)36(34,35)26-11-6-5-7-12-26/h5-19H,1-4H3,(H,30,33)/b29-19+. The molecule has 0 unspecified atom stereocenters. The highest BCUT2D eigenvalue weighted by Gasteiger charge is 2.21. The van der Waals surface area contributed by atoms with Gasteiger partial charge in [-0.25, -0.2) is 13.8 Å². The van der Waals surface area contributed by atoms with Gasteiger partial charge >= 0.3 is 0 Å². The number of sulfonamides is 1. The molecule has 4 rings (SSSR count). The van der Waals surface area contributed by atoms with Crippen molar-refractivity contribution in [3.63, 3.8) is 0 Å². The SMILES string of the molecule is Cc1ccccc1-n1c(C)cc(/C=N/NC(=O)c2ccc(N(C)S(=O)(=O)c3ccccc3)cc2)c1C. The van der Waals surface area contributed by atoms with Gasteiger partial charge in [-0.1, -0.05) is 36.4 Å². The number of aryl methyl sites for hydroxylation is 2. The molecule has 0 atom stereocenters. The first-order valence-corrected chi connectivity index (χ1v) is 12.9. The molecule has 1 aromatic heterocycles. The number of rotatable bonds is 7. The second-order valence-electron chi connectivity index (χ2n) is 8.48. The van der Waals surface area contributed by atoms with E-state index >= 15 is 0 Å². The monoisotopic (exact) mass is 500 g/mol. The maximum atomic E-state index is 12.8. The van der Waals surface area contributed by atoms with E-state index in [9.17, 15) is 13.2 Å². The highest BCUT2D eigenvalue weighted by molar-refractivity contribution is 7.92. The van der Waals surface area contributed by atoms with Gasteiger partial charge in [-0.2, -0.15) is 5.10 Å². The lowest BCUT2D eigenvalue weighted by Crippen LogP contribution is -2.26. The Balaban J connectivity index is 1.45. The molecule has 184 valence electrons. The third kappa shape index (κ3) is 4.94. The quantitative estimate of drug-likeness (QED) is 0.287. The van der Waals surface area contributed by atoms with Gasteiger partial charge in [-0.15, -0.1) is 0 Å². The van der Waals surface area contributed by atoms with Crippen molar-refractivity contribution >= 4 is 27.8 Å². The van der Waals surface area contributed by atoms with Gasteiger partial charge in [-0.3, -0.25) is 9.10 Å². The Morgan fingerprint density at radius 1 is 0.917 bits per heavy atom. The van der Waals surface area contributed by atoms with Crippen LogP contribution in [-0.2, 0) is 10.0 Å². The summed E-state index contributed by atoms with van der Waals surface area (Å²) in [5.41, 5.74) is 8.63. The predicted octanol–water partition coefficient (Wildman–Crippen LogP) is 4.99. The molecule has 0 radical (unpaired) electrons. The average molecular weight is 501 g/mol. The number of hydrazone groups is 1. The number of benzene rings is 3. The zero-order valence-electron chi connectivity index (χ0n) is 20.6. The summed E-state index contributed by atoms with van der Waals surface area (Å²) in [6.45, 7) is 6.12. The van der Waals surface area contributed by atoms with Gasteiger partial charge in [0.2, 0.25) is 0 Å².